The zero-order valence-corrected chi connectivity index (χ0v) is 21.8. The maximum atomic E-state index is 14.7. The van der Waals surface area contributed by atoms with Gasteiger partial charge in [0.25, 0.3) is 5.91 Å². The average Bonchev–Trinajstić information content (AvgIpc) is 3.66. The summed E-state index contributed by atoms with van der Waals surface area (Å²) >= 11 is 6.19. The summed E-state index contributed by atoms with van der Waals surface area (Å²) < 4.78 is 130. The van der Waals surface area contributed by atoms with Crippen LogP contribution in [0.1, 0.15) is 34.5 Å². The first-order valence-electron chi connectivity index (χ1n) is 11.4. The Morgan fingerprint density at radius 1 is 1.22 bits per heavy atom. The van der Waals surface area contributed by atoms with Gasteiger partial charge >= 0.3 is 24.6 Å². The lowest BCUT2D eigenvalue weighted by Gasteiger charge is -2.28. The maximum absolute atomic E-state index is 14.7. The molecule has 0 radical (unpaired) electrons. The lowest BCUT2D eigenvalue weighted by Crippen LogP contribution is -2.51. The number of halogens is 10. The van der Waals surface area contributed by atoms with Gasteiger partial charge in [-0.1, -0.05) is 17.7 Å². The molecule has 1 aromatic carbocycles. The Hall–Kier alpha value is -3.47. The number of hydrogen-bond acceptors (Lipinski definition) is 6. The predicted octanol–water partition coefficient (Wildman–Crippen LogP) is 6.28. The van der Waals surface area contributed by atoms with E-state index >= 15 is 0 Å². The van der Waals surface area contributed by atoms with E-state index in [2.05, 4.69) is 15.2 Å². The third-order valence-corrected chi connectivity index (χ3v) is 6.21. The van der Waals surface area contributed by atoms with Gasteiger partial charge in [-0.3, -0.25) is 4.79 Å². The van der Waals surface area contributed by atoms with Crippen LogP contribution in [-0.4, -0.2) is 65.6 Å². The van der Waals surface area contributed by atoms with Gasteiger partial charge in [-0.15, -0.1) is 0 Å². The van der Waals surface area contributed by atoms with Crippen molar-refractivity contribution in [1.82, 2.24) is 14.7 Å². The monoisotopic (exact) mass is 621 g/mol. The lowest BCUT2D eigenvalue weighted by molar-refractivity contribution is -0.350. The number of nitrogens with zero attached hydrogens (tertiary/aromatic N) is 3. The second-order valence-corrected chi connectivity index (χ2v) is 9.10. The first-order valence-corrected chi connectivity index (χ1v) is 11.8. The fourth-order valence-electron chi connectivity index (χ4n) is 3.75. The van der Waals surface area contributed by atoms with E-state index < -0.39 is 47.8 Å². The summed E-state index contributed by atoms with van der Waals surface area (Å²) in [6, 6.07) is 3.82. The molecule has 0 bridgehead atoms. The molecular weight excluding hydrogens is 601 g/mol. The molecule has 1 aliphatic carbocycles. The quantitative estimate of drug-likeness (QED) is 0.175. The van der Waals surface area contributed by atoms with Crippen molar-refractivity contribution in [3.8, 4) is 5.75 Å². The van der Waals surface area contributed by atoms with Crippen molar-refractivity contribution in [3.05, 3.63) is 46.2 Å². The number of aryl methyl sites for hydroxylation is 1. The van der Waals surface area contributed by atoms with E-state index in [-0.39, 0.29) is 39.2 Å². The number of alkyl halides is 9. The molecule has 41 heavy (non-hydrogen) atoms. The van der Waals surface area contributed by atoms with Gasteiger partial charge in [-0.25, -0.2) is 9.07 Å². The van der Waals surface area contributed by atoms with Crippen molar-refractivity contribution in [2.45, 2.75) is 43.5 Å². The van der Waals surface area contributed by atoms with Gasteiger partial charge in [0, 0.05) is 38.2 Å². The van der Waals surface area contributed by atoms with Crippen LogP contribution in [0.2, 0.25) is 5.02 Å². The summed E-state index contributed by atoms with van der Waals surface area (Å²) in [6.07, 6.45) is -10.3. The molecule has 1 aliphatic rings. The molecule has 0 unspecified atom stereocenters. The molecule has 1 amide bonds. The standard InChI is InChI=1S/C23H21ClF9N5O3/c1-37-18(16(41-20(25)26)17(36-37)21(27,22(28,29)30)23(31,32)33)35-9-12(8-34)11-3-6-15(24)14(7-11)19(39)38(10-40-2)13-4-5-13/h3,6-9,13,20,34-35H,4-5,10H2,1-2H3/b12-9+,34-8?. The van der Waals surface area contributed by atoms with Gasteiger partial charge in [0.1, 0.15) is 6.73 Å². The largest absolute Gasteiger partial charge is 0.437 e. The third-order valence-electron chi connectivity index (χ3n) is 5.88. The average molecular weight is 622 g/mol. The van der Waals surface area contributed by atoms with Crippen LogP contribution in [0.4, 0.5) is 45.3 Å². The number of ether oxygens (including phenoxy) is 2. The van der Waals surface area contributed by atoms with Crippen LogP contribution in [0.3, 0.4) is 0 Å². The van der Waals surface area contributed by atoms with Crippen molar-refractivity contribution in [3.63, 3.8) is 0 Å². The molecular formula is C23H21ClF9N5O3. The molecule has 3 rings (SSSR count). The highest BCUT2D eigenvalue weighted by Crippen LogP contribution is 2.56. The number of rotatable bonds is 11. The number of allylic oxidation sites excluding steroid dienone is 1. The number of carbonyl (C=O) groups is 1. The SMILES string of the molecule is COCN(C(=O)c1cc(/C(C=N)=C/Nc2c(OC(F)F)c(C(F)(C(F)(F)F)C(F)(F)F)nn2C)ccc1Cl)C1CC1. The van der Waals surface area contributed by atoms with Crippen molar-refractivity contribution < 1.29 is 53.8 Å². The minimum atomic E-state index is -6.66. The van der Waals surface area contributed by atoms with Gasteiger partial charge < -0.3 is 25.1 Å². The summed E-state index contributed by atoms with van der Waals surface area (Å²) in [7, 11) is 2.13. The number of hydrogen-bond donors (Lipinski definition) is 2. The van der Waals surface area contributed by atoms with Crippen LogP contribution in [0.5, 0.6) is 5.75 Å². The van der Waals surface area contributed by atoms with E-state index in [1.807, 2.05) is 0 Å². The second-order valence-electron chi connectivity index (χ2n) is 8.69. The Balaban J connectivity index is 2.07. The van der Waals surface area contributed by atoms with Gasteiger partial charge in [-0.05, 0) is 30.5 Å². The zero-order valence-electron chi connectivity index (χ0n) is 21.0. The van der Waals surface area contributed by atoms with Crippen LogP contribution >= 0.6 is 11.6 Å². The van der Waals surface area contributed by atoms with E-state index in [1.165, 1.54) is 30.2 Å². The summed E-state index contributed by atoms with van der Waals surface area (Å²) in [6.45, 7) is -4.01. The fourth-order valence-corrected chi connectivity index (χ4v) is 3.95. The van der Waals surface area contributed by atoms with Crippen molar-refractivity contribution in [2.24, 2.45) is 7.05 Å². The smallest absolute Gasteiger partial charge is 0.429 e. The lowest BCUT2D eigenvalue weighted by atomic mass is 9.99. The Bertz CT molecular complexity index is 1310. The highest BCUT2D eigenvalue weighted by molar-refractivity contribution is 6.34. The molecule has 0 aliphatic heterocycles. The Labute approximate surface area is 231 Å². The minimum absolute atomic E-state index is 0.0111. The summed E-state index contributed by atoms with van der Waals surface area (Å²) in [5.74, 6) is -3.41. The Morgan fingerprint density at radius 3 is 2.32 bits per heavy atom. The number of aromatic nitrogens is 2. The van der Waals surface area contributed by atoms with Crippen LogP contribution in [-0.2, 0) is 17.5 Å². The van der Waals surface area contributed by atoms with Crippen LogP contribution in [0.25, 0.3) is 5.57 Å². The van der Waals surface area contributed by atoms with Crippen molar-refractivity contribution >= 4 is 35.1 Å². The molecule has 1 saturated carbocycles. The summed E-state index contributed by atoms with van der Waals surface area (Å²) in [5.41, 5.74) is -8.73. The highest BCUT2D eigenvalue weighted by atomic mass is 35.5. The van der Waals surface area contributed by atoms with Gasteiger partial charge in [-0.2, -0.15) is 40.2 Å². The second kappa shape index (κ2) is 11.8. The molecule has 0 saturated heterocycles. The molecule has 0 spiro atoms. The van der Waals surface area contributed by atoms with Gasteiger partial charge in [0.15, 0.2) is 17.3 Å². The third kappa shape index (κ3) is 6.39. The molecule has 8 nitrogen and oxygen atoms in total. The normalized spacial score (nSPS) is 14.8. The molecule has 1 fully saturated rings. The number of benzene rings is 1. The van der Waals surface area contributed by atoms with Crippen LogP contribution < -0.4 is 10.1 Å². The van der Waals surface area contributed by atoms with Crippen molar-refractivity contribution in [2.75, 3.05) is 19.2 Å². The summed E-state index contributed by atoms with van der Waals surface area (Å²) in [5, 5.41) is 12.7. The minimum Gasteiger partial charge on any atom is -0.429 e. The number of carbonyl (C=O) groups excluding carboxylic acids is 1. The number of nitrogens with one attached hydrogen (secondary N) is 2. The fraction of sp³-hybridized carbons (Fsp3) is 0.435. The Morgan fingerprint density at radius 2 is 1.83 bits per heavy atom. The molecule has 2 N–H and O–H groups in total. The van der Waals surface area contributed by atoms with Crippen LogP contribution in [0.15, 0.2) is 24.4 Å². The predicted molar refractivity (Wildman–Crippen MR) is 128 cm³/mol. The van der Waals surface area contributed by atoms with Gasteiger partial charge in [0.05, 0.1) is 10.6 Å². The van der Waals surface area contributed by atoms with E-state index in [1.54, 1.807) is 0 Å². The molecule has 0 atom stereocenters. The number of amides is 1. The molecule has 2 aromatic rings. The van der Waals surface area contributed by atoms with E-state index in [4.69, 9.17) is 21.7 Å². The number of anilines is 1. The summed E-state index contributed by atoms with van der Waals surface area (Å²) in [4.78, 5) is 14.5. The first kappa shape index (κ1) is 32.0. The first-order chi connectivity index (χ1) is 19.0. The zero-order chi connectivity index (χ0) is 30.9. The van der Waals surface area contributed by atoms with Crippen molar-refractivity contribution in [1.29, 1.82) is 5.41 Å². The molecule has 18 heteroatoms. The van der Waals surface area contributed by atoms with E-state index in [0.29, 0.717) is 6.21 Å². The Kier molecular flexibility index (Phi) is 9.22. The van der Waals surface area contributed by atoms with E-state index in [0.717, 1.165) is 26.1 Å². The topological polar surface area (TPSA) is 92.5 Å². The molecule has 226 valence electrons. The van der Waals surface area contributed by atoms with Gasteiger partial charge in [0.2, 0.25) is 0 Å². The highest BCUT2D eigenvalue weighted by Gasteiger charge is 2.76. The maximum Gasteiger partial charge on any atom is 0.437 e. The number of methoxy groups -OCH3 is 1. The van der Waals surface area contributed by atoms with Crippen LogP contribution in [0, 0.1) is 5.41 Å². The molecule has 1 heterocycles. The van der Waals surface area contributed by atoms with E-state index in [9.17, 15) is 44.3 Å². The molecule has 1 aromatic heterocycles.